The maximum Gasteiger partial charge on any atom is 0.133 e. The fourth-order valence-corrected chi connectivity index (χ4v) is 2.69. The number of halogens is 1. The third-order valence-corrected chi connectivity index (χ3v) is 3.34. The molecule has 1 unspecified atom stereocenters. The van der Waals surface area contributed by atoms with Gasteiger partial charge in [0.15, 0.2) is 0 Å². The summed E-state index contributed by atoms with van der Waals surface area (Å²) in [6, 6.07) is 3.94. The molecule has 1 aromatic rings. The van der Waals surface area contributed by atoms with E-state index in [0.29, 0.717) is 6.42 Å². The number of aryl methyl sites for hydroxylation is 1. The Hall–Kier alpha value is -0.830. The van der Waals surface area contributed by atoms with Crippen molar-refractivity contribution in [1.29, 1.82) is 0 Å². The first kappa shape index (κ1) is 12.2. The lowest BCUT2D eigenvalue weighted by atomic mass is 9.94. The predicted molar refractivity (Wildman–Crippen MR) is 64.5 cm³/mol. The standard InChI is InChI=1S/C12H15BrO2/c1-8-4-5-10(15-3)12(13)11(8)9(2)6-7-14/h4-5,7,9H,6H2,1-3H3. The molecule has 0 N–H and O–H groups in total. The number of carbonyl (C=O) groups is 1. The minimum Gasteiger partial charge on any atom is -0.496 e. The highest BCUT2D eigenvalue weighted by molar-refractivity contribution is 9.10. The smallest absolute Gasteiger partial charge is 0.133 e. The molecule has 0 aliphatic rings. The number of rotatable bonds is 4. The Morgan fingerprint density at radius 3 is 2.73 bits per heavy atom. The number of hydrogen-bond donors (Lipinski definition) is 0. The van der Waals surface area contributed by atoms with Crippen LogP contribution >= 0.6 is 15.9 Å². The van der Waals surface area contributed by atoms with Gasteiger partial charge in [-0.2, -0.15) is 0 Å². The largest absolute Gasteiger partial charge is 0.496 e. The molecule has 0 fully saturated rings. The SMILES string of the molecule is COc1ccc(C)c(C(C)CC=O)c1Br. The highest BCUT2D eigenvalue weighted by Crippen LogP contribution is 2.36. The average molecular weight is 271 g/mol. The Morgan fingerprint density at radius 1 is 1.53 bits per heavy atom. The van der Waals surface area contributed by atoms with E-state index in [-0.39, 0.29) is 5.92 Å². The summed E-state index contributed by atoms with van der Waals surface area (Å²) >= 11 is 3.52. The van der Waals surface area contributed by atoms with Crippen LogP contribution in [0.4, 0.5) is 0 Å². The van der Waals surface area contributed by atoms with Crippen molar-refractivity contribution < 1.29 is 9.53 Å². The quantitative estimate of drug-likeness (QED) is 0.784. The van der Waals surface area contributed by atoms with Gasteiger partial charge in [0.05, 0.1) is 11.6 Å². The molecule has 1 rings (SSSR count). The maximum absolute atomic E-state index is 10.5. The molecule has 0 spiro atoms. The second-order valence-electron chi connectivity index (χ2n) is 3.62. The van der Waals surface area contributed by atoms with E-state index in [2.05, 4.69) is 15.9 Å². The summed E-state index contributed by atoms with van der Waals surface area (Å²) in [7, 11) is 1.64. The summed E-state index contributed by atoms with van der Waals surface area (Å²) in [5.74, 6) is 1.03. The molecule has 82 valence electrons. The average Bonchev–Trinajstić information content (AvgIpc) is 2.18. The summed E-state index contributed by atoms with van der Waals surface area (Å²) in [6.45, 7) is 4.09. The topological polar surface area (TPSA) is 26.3 Å². The zero-order chi connectivity index (χ0) is 11.4. The number of methoxy groups -OCH3 is 1. The Bertz CT molecular complexity index is 361. The third-order valence-electron chi connectivity index (χ3n) is 2.52. The Kier molecular flexibility index (Phi) is 4.33. The van der Waals surface area contributed by atoms with E-state index in [0.717, 1.165) is 22.1 Å². The van der Waals surface area contributed by atoms with Crippen LogP contribution in [0.25, 0.3) is 0 Å². The summed E-state index contributed by atoms with van der Waals surface area (Å²) in [5, 5.41) is 0. The van der Waals surface area contributed by atoms with Crippen LogP contribution < -0.4 is 4.74 Å². The molecule has 0 saturated heterocycles. The second-order valence-corrected chi connectivity index (χ2v) is 4.41. The fraction of sp³-hybridized carbons (Fsp3) is 0.417. The summed E-state index contributed by atoms with van der Waals surface area (Å²) in [6.07, 6.45) is 1.49. The molecule has 0 aromatic heterocycles. The lowest BCUT2D eigenvalue weighted by molar-refractivity contribution is -0.108. The molecule has 0 radical (unpaired) electrons. The van der Waals surface area contributed by atoms with Gasteiger partial charge >= 0.3 is 0 Å². The molecule has 3 heteroatoms. The van der Waals surface area contributed by atoms with Crippen molar-refractivity contribution in [3.05, 3.63) is 27.7 Å². The van der Waals surface area contributed by atoms with Crippen molar-refractivity contribution in [2.45, 2.75) is 26.2 Å². The van der Waals surface area contributed by atoms with Crippen LogP contribution in [-0.4, -0.2) is 13.4 Å². The van der Waals surface area contributed by atoms with E-state index in [1.807, 2.05) is 26.0 Å². The lowest BCUT2D eigenvalue weighted by Crippen LogP contribution is -2.00. The van der Waals surface area contributed by atoms with Crippen molar-refractivity contribution in [3.63, 3.8) is 0 Å². The van der Waals surface area contributed by atoms with E-state index in [1.165, 1.54) is 5.56 Å². The van der Waals surface area contributed by atoms with Gasteiger partial charge in [0, 0.05) is 6.42 Å². The van der Waals surface area contributed by atoms with Crippen molar-refractivity contribution in [2.75, 3.05) is 7.11 Å². The van der Waals surface area contributed by atoms with E-state index in [9.17, 15) is 4.79 Å². The number of aldehydes is 1. The van der Waals surface area contributed by atoms with E-state index < -0.39 is 0 Å². The van der Waals surface area contributed by atoms with Crippen molar-refractivity contribution in [2.24, 2.45) is 0 Å². The van der Waals surface area contributed by atoms with E-state index in [4.69, 9.17) is 4.74 Å². The molecule has 1 aromatic carbocycles. The minimum atomic E-state index is 0.215. The van der Waals surface area contributed by atoms with Crippen molar-refractivity contribution in [3.8, 4) is 5.75 Å². The molecule has 0 bridgehead atoms. The second kappa shape index (κ2) is 5.31. The van der Waals surface area contributed by atoms with Crippen LogP contribution in [0.3, 0.4) is 0 Å². The molecular formula is C12H15BrO2. The molecular weight excluding hydrogens is 256 g/mol. The molecule has 15 heavy (non-hydrogen) atoms. The molecule has 0 heterocycles. The number of ether oxygens (including phenoxy) is 1. The summed E-state index contributed by atoms with van der Waals surface area (Å²) in [5.41, 5.74) is 2.33. The van der Waals surface area contributed by atoms with Crippen LogP contribution in [0.1, 0.15) is 30.4 Å². The molecule has 0 aliphatic heterocycles. The molecule has 0 amide bonds. The Balaban J connectivity index is 3.19. The first-order chi connectivity index (χ1) is 7.11. The Labute approximate surface area is 98.8 Å². The number of hydrogen-bond acceptors (Lipinski definition) is 2. The fourth-order valence-electron chi connectivity index (χ4n) is 1.69. The predicted octanol–water partition coefficient (Wildman–Crippen LogP) is 3.46. The lowest BCUT2D eigenvalue weighted by Gasteiger charge is -2.16. The minimum absolute atomic E-state index is 0.215. The van der Waals surface area contributed by atoms with Crippen LogP contribution in [0.15, 0.2) is 16.6 Å². The van der Waals surface area contributed by atoms with E-state index >= 15 is 0 Å². The van der Waals surface area contributed by atoms with Crippen LogP contribution in [0, 0.1) is 6.92 Å². The first-order valence-corrected chi connectivity index (χ1v) is 5.67. The third kappa shape index (κ3) is 2.59. The van der Waals surface area contributed by atoms with Crippen LogP contribution in [0.5, 0.6) is 5.75 Å². The number of benzene rings is 1. The van der Waals surface area contributed by atoms with Gasteiger partial charge < -0.3 is 9.53 Å². The zero-order valence-electron chi connectivity index (χ0n) is 9.21. The van der Waals surface area contributed by atoms with Crippen molar-refractivity contribution in [1.82, 2.24) is 0 Å². The van der Waals surface area contributed by atoms with Gasteiger partial charge in [-0.3, -0.25) is 0 Å². The van der Waals surface area contributed by atoms with E-state index in [1.54, 1.807) is 7.11 Å². The highest BCUT2D eigenvalue weighted by atomic mass is 79.9. The van der Waals surface area contributed by atoms with Crippen LogP contribution in [-0.2, 0) is 4.79 Å². The Morgan fingerprint density at radius 2 is 2.20 bits per heavy atom. The zero-order valence-corrected chi connectivity index (χ0v) is 10.8. The summed E-state index contributed by atoms with van der Waals surface area (Å²) < 4.78 is 6.19. The highest BCUT2D eigenvalue weighted by Gasteiger charge is 2.15. The van der Waals surface area contributed by atoms with Crippen LogP contribution in [0.2, 0.25) is 0 Å². The molecule has 2 nitrogen and oxygen atoms in total. The van der Waals surface area contributed by atoms with Gasteiger partial charge in [-0.15, -0.1) is 0 Å². The van der Waals surface area contributed by atoms with Gasteiger partial charge in [0.1, 0.15) is 12.0 Å². The van der Waals surface area contributed by atoms with Gasteiger partial charge in [-0.25, -0.2) is 0 Å². The number of carbonyl (C=O) groups excluding carboxylic acids is 1. The van der Waals surface area contributed by atoms with Gasteiger partial charge in [0.25, 0.3) is 0 Å². The molecule has 0 saturated carbocycles. The van der Waals surface area contributed by atoms with Crippen molar-refractivity contribution >= 4 is 22.2 Å². The van der Waals surface area contributed by atoms with Gasteiger partial charge in [-0.05, 0) is 46.0 Å². The monoisotopic (exact) mass is 270 g/mol. The molecule has 0 aliphatic carbocycles. The normalized spacial score (nSPS) is 12.3. The van der Waals surface area contributed by atoms with Gasteiger partial charge in [-0.1, -0.05) is 13.0 Å². The summed E-state index contributed by atoms with van der Waals surface area (Å²) in [4.78, 5) is 10.5. The van der Waals surface area contributed by atoms with Gasteiger partial charge in [0.2, 0.25) is 0 Å². The molecule has 1 atom stereocenters. The maximum atomic E-state index is 10.5. The first-order valence-electron chi connectivity index (χ1n) is 4.88.